The van der Waals surface area contributed by atoms with Gasteiger partial charge in [-0.05, 0) is 25.8 Å². The first-order valence-corrected chi connectivity index (χ1v) is 7.29. The van der Waals surface area contributed by atoms with E-state index in [2.05, 4.69) is 10.2 Å². The van der Waals surface area contributed by atoms with Gasteiger partial charge in [0, 0.05) is 32.2 Å². The van der Waals surface area contributed by atoms with Crippen LogP contribution >= 0.6 is 0 Å². The highest BCUT2D eigenvalue weighted by atomic mass is 16.5. The summed E-state index contributed by atoms with van der Waals surface area (Å²) >= 11 is 0. The molecule has 1 aliphatic carbocycles. The predicted octanol–water partition coefficient (Wildman–Crippen LogP) is 0.234. The van der Waals surface area contributed by atoms with E-state index in [0.717, 1.165) is 45.5 Å². The molecule has 0 spiro atoms. The predicted molar refractivity (Wildman–Crippen MR) is 72.8 cm³/mol. The van der Waals surface area contributed by atoms with Crippen molar-refractivity contribution in [3.8, 4) is 0 Å². The quantitative estimate of drug-likeness (QED) is 0.695. The molecule has 0 radical (unpaired) electrons. The number of aliphatic hydroxyl groups excluding tert-OH is 1. The van der Waals surface area contributed by atoms with Gasteiger partial charge in [0.2, 0.25) is 5.91 Å². The monoisotopic (exact) mass is 270 g/mol. The highest BCUT2D eigenvalue weighted by molar-refractivity contribution is 5.79. The topological polar surface area (TPSA) is 61.8 Å². The summed E-state index contributed by atoms with van der Waals surface area (Å²) in [5.74, 6) is 0.257. The Morgan fingerprint density at radius 2 is 2.32 bits per heavy atom. The van der Waals surface area contributed by atoms with E-state index in [4.69, 9.17) is 4.74 Å². The van der Waals surface area contributed by atoms with Gasteiger partial charge in [0.25, 0.3) is 0 Å². The molecule has 2 N–H and O–H groups in total. The molecule has 0 aromatic heterocycles. The Balaban J connectivity index is 1.69. The van der Waals surface area contributed by atoms with E-state index in [0.29, 0.717) is 6.54 Å². The molecule has 2 aliphatic rings. The molecule has 5 heteroatoms. The van der Waals surface area contributed by atoms with Crippen molar-refractivity contribution in [3.05, 3.63) is 0 Å². The first-order valence-electron chi connectivity index (χ1n) is 7.29. The summed E-state index contributed by atoms with van der Waals surface area (Å²) in [6.45, 7) is 4.27. The minimum absolute atomic E-state index is 0.0238. The SMILES string of the molecule is COCCN1CCC(C(=O)NCC2(CO)CCC2)C1. The van der Waals surface area contributed by atoms with Crippen LogP contribution in [0.15, 0.2) is 0 Å². The van der Waals surface area contributed by atoms with E-state index < -0.39 is 0 Å². The van der Waals surface area contributed by atoms with E-state index in [1.165, 1.54) is 6.42 Å². The van der Waals surface area contributed by atoms with Crippen molar-refractivity contribution in [3.63, 3.8) is 0 Å². The van der Waals surface area contributed by atoms with Crippen LogP contribution < -0.4 is 5.32 Å². The Morgan fingerprint density at radius 3 is 2.89 bits per heavy atom. The number of hydrogen-bond acceptors (Lipinski definition) is 4. The Morgan fingerprint density at radius 1 is 1.53 bits per heavy atom. The molecule has 2 fully saturated rings. The number of rotatable bonds is 7. The van der Waals surface area contributed by atoms with Crippen molar-refractivity contribution < 1.29 is 14.6 Å². The van der Waals surface area contributed by atoms with Gasteiger partial charge >= 0.3 is 0 Å². The van der Waals surface area contributed by atoms with E-state index in [9.17, 15) is 9.90 Å². The Labute approximate surface area is 115 Å². The lowest BCUT2D eigenvalue weighted by atomic mass is 9.69. The summed E-state index contributed by atoms with van der Waals surface area (Å²) in [4.78, 5) is 14.4. The second-order valence-electron chi connectivity index (χ2n) is 6.01. The minimum atomic E-state index is -0.0238. The van der Waals surface area contributed by atoms with Crippen LogP contribution in [0.2, 0.25) is 0 Å². The summed E-state index contributed by atoms with van der Waals surface area (Å²) < 4.78 is 5.06. The molecule has 0 bridgehead atoms. The molecule has 1 saturated carbocycles. The van der Waals surface area contributed by atoms with E-state index in [-0.39, 0.29) is 23.8 Å². The molecule has 1 heterocycles. The van der Waals surface area contributed by atoms with Gasteiger partial charge in [-0.25, -0.2) is 0 Å². The highest BCUT2D eigenvalue weighted by Gasteiger charge is 2.37. The van der Waals surface area contributed by atoms with Crippen LogP contribution in [0.25, 0.3) is 0 Å². The zero-order valence-corrected chi connectivity index (χ0v) is 11.9. The van der Waals surface area contributed by atoms with Gasteiger partial charge < -0.3 is 20.1 Å². The van der Waals surface area contributed by atoms with Crippen molar-refractivity contribution in [1.29, 1.82) is 0 Å². The van der Waals surface area contributed by atoms with Crippen molar-refractivity contribution >= 4 is 5.91 Å². The van der Waals surface area contributed by atoms with Crippen molar-refractivity contribution in [1.82, 2.24) is 10.2 Å². The molecular weight excluding hydrogens is 244 g/mol. The number of nitrogens with zero attached hydrogens (tertiary/aromatic N) is 1. The molecule has 2 rings (SSSR count). The number of ether oxygens (including phenoxy) is 1. The fourth-order valence-corrected chi connectivity index (χ4v) is 2.96. The number of likely N-dealkylation sites (tertiary alicyclic amines) is 1. The Kier molecular flexibility index (Phi) is 5.19. The number of nitrogens with one attached hydrogen (secondary N) is 1. The normalized spacial score (nSPS) is 26.1. The maximum absolute atomic E-state index is 12.1. The molecule has 0 aromatic carbocycles. The lowest BCUT2D eigenvalue weighted by Gasteiger charge is -2.40. The van der Waals surface area contributed by atoms with Gasteiger partial charge in [-0.15, -0.1) is 0 Å². The molecule has 1 atom stereocenters. The zero-order valence-electron chi connectivity index (χ0n) is 11.9. The van der Waals surface area contributed by atoms with Crippen LogP contribution in [-0.2, 0) is 9.53 Å². The van der Waals surface area contributed by atoms with Crippen LogP contribution in [0, 0.1) is 11.3 Å². The molecule has 1 aliphatic heterocycles. The molecule has 110 valence electrons. The lowest BCUT2D eigenvalue weighted by molar-refractivity contribution is -0.125. The number of carbonyl (C=O) groups is 1. The third-order valence-electron chi connectivity index (χ3n) is 4.64. The van der Waals surface area contributed by atoms with Crippen molar-refractivity contribution in [2.45, 2.75) is 25.7 Å². The summed E-state index contributed by atoms with van der Waals surface area (Å²) in [6.07, 6.45) is 4.18. The van der Waals surface area contributed by atoms with E-state index in [1.807, 2.05) is 0 Å². The van der Waals surface area contributed by atoms with E-state index >= 15 is 0 Å². The summed E-state index contributed by atoms with van der Waals surface area (Å²) in [5.41, 5.74) is -0.0238. The van der Waals surface area contributed by atoms with Gasteiger partial charge in [-0.3, -0.25) is 4.79 Å². The number of amides is 1. The fourth-order valence-electron chi connectivity index (χ4n) is 2.96. The number of aliphatic hydroxyl groups is 1. The van der Waals surface area contributed by atoms with Crippen LogP contribution in [-0.4, -0.2) is 62.4 Å². The minimum Gasteiger partial charge on any atom is -0.396 e. The fraction of sp³-hybridized carbons (Fsp3) is 0.929. The first kappa shape index (κ1) is 14.8. The smallest absolute Gasteiger partial charge is 0.224 e. The van der Waals surface area contributed by atoms with Gasteiger partial charge in [-0.2, -0.15) is 0 Å². The zero-order chi connectivity index (χ0) is 13.7. The third kappa shape index (κ3) is 3.68. The lowest BCUT2D eigenvalue weighted by Crippen LogP contribution is -2.46. The molecule has 1 saturated heterocycles. The summed E-state index contributed by atoms with van der Waals surface area (Å²) in [7, 11) is 1.70. The van der Waals surface area contributed by atoms with E-state index in [1.54, 1.807) is 7.11 Å². The van der Waals surface area contributed by atoms with Gasteiger partial charge in [-0.1, -0.05) is 6.42 Å². The third-order valence-corrected chi connectivity index (χ3v) is 4.64. The van der Waals surface area contributed by atoms with Gasteiger partial charge in [0.15, 0.2) is 0 Å². The van der Waals surface area contributed by atoms with Crippen LogP contribution in [0.4, 0.5) is 0 Å². The average molecular weight is 270 g/mol. The second kappa shape index (κ2) is 6.68. The van der Waals surface area contributed by atoms with Gasteiger partial charge in [0.05, 0.1) is 19.1 Å². The molecule has 5 nitrogen and oxygen atoms in total. The van der Waals surface area contributed by atoms with Gasteiger partial charge in [0.1, 0.15) is 0 Å². The maximum Gasteiger partial charge on any atom is 0.224 e. The Bertz CT molecular complexity index is 300. The van der Waals surface area contributed by atoms with Crippen molar-refractivity contribution in [2.24, 2.45) is 11.3 Å². The molecular formula is C14H26N2O3. The number of methoxy groups -OCH3 is 1. The highest BCUT2D eigenvalue weighted by Crippen LogP contribution is 2.39. The second-order valence-corrected chi connectivity index (χ2v) is 6.01. The van der Waals surface area contributed by atoms with Crippen molar-refractivity contribution in [2.75, 3.05) is 46.5 Å². The number of hydrogen-bond donors (Lipinski definition) is 2. The number of carbonyl (C=O) groups excluding carboxylic acids is 1. The maximum atomic E-state index is 12.1. The molecule has 1 amide bonds. The standard InChI is InChI=1S/C14H26N2O3/c1-19-8-7-16-6-3-12(9-16)13(18)15-10-14(11-17)4-2-5-14/h12,17H,2-11H2,1H3,(H,15,18). The van der Waals surface area contributed by atoms with Crippen LogP contribution in [0.5, 0.6) is 0 Å². The molecule has 19 heavy (non-hydrogen) atoms. The summed E-state index contributed by atoms with van der Waals surface area (Å²) in [5, 5.41) is 12.4. The largest absolute Gasteiger partial charge is 0.396 e. The molecule has 1 unspecified atom stereocenters. The average Bonchev–Trinajstić information content (AvgIpc) is 2.84. The summed E-state index contributed by atoms with van der Waals surface area (Å²) in [6, 6.07) is 0. The molecule has 0 aromatic rings. The Hall–Kier alpha value is -0.650. The first-order chi connectivity index (χ1) is 9.19. The van der Waals surface area contributed by atoms with Crippen LogP contribution in [0.3, 0.4) is 0 Å². The van der Waals surface area contributed by atoms with Crippen LogP contribution in [0.1, 0.15) is 25.7 Å².